The van der Waals surface area contributed by atoms with Gasteiger partial charge in [0, 0.05) is 11.7 Å². The van der Waals surface area contributed by atoms with Gasteiger partial charge in [-0.25, -0.2) is 0 Å². The summed E-state index contributed by atoms with van der Waals surface area (Å²) in [6.07, 6.45) is 3.48. The molecule has 84 valence electrons. The molecule has 0 bridgehead atoms. The Morgan fingerprint density at radius 2 is 2.53 bits per heavy atom. The molecule has 2 atom stereocenters. The van der Waals surface area contributed by atoms with Crippen molar-refractivity contribution in [3.8, 4) is 0 Å². The Balaban J connectivity index is 1.88. The van der Waals surface area contributed by atoms with Gasteiger partial charge in [0.25, 0.3) is 0 Å². The molecule has 2 heterocycles. The van der Waals surface area contributed by atoms with Crippen molar-refractivity contribution in [3.05, 3.63) is 11.7 Å². The van der Waals surface area contributed by atoms with Crippen LogP contribution < -0.4 is 0 Å². The van der Waals surface area contributed by atoms with E-state index >= 15 is 0 Å². The Hall–Kier alpha value is -0.550. The van der Waals surface area contributed by atoms with Gasteiger partial charge < -0.3 is 9.63 Å². The molecule has 1 saturated heterocycles. The van der Waals surface area contributed by atoms with Gasteiger partial charge in [0.05, 0.1) is 12.5 Å². The van der Waals surface area contributed by atoms with Crippen LogP contribution in [0.4, 0.5) is 0 Å². The summed E-state index contributed by atoms with van der Waals surface area (Å²) in [7, 11) is 0. The molecule has 0 radical (unpaired) electrons. The number of aromatic nitrogens is 2. The number of aliphatic hydroxyl groups excluding tert-OH is 1. The van der Waals surface area contributed by atoms with Crippen molar-refractivity contribution in [2.75, 3.05) is 5.75 Å². The molecule has 15 heavy (non-hydrogen) atoms. The third-order valence-corrected chi connectivity index (χ3v) is 3.81. The van der Waals surface area contributed by atoms with E-state index in [1.807, 2.05) is 11.8 Å². The second kappa shape index (κ2) is 4.99. The molecule has 5 heteroatoms. The van der Waals surface area contributed by atoms with Gasteiger partial charge >= 0.3 is 0 Å². The Labute approximate surface area is 93.4 Å². The van der Waals surface area contributed by atoms with Crippen LogP contribution in [0.2, 0.25) is 0 Å². The van der Waals surface area contributed by atoms with Crippen LogP contribution >= 0.6 is 11.8 Å². The van der Waals surface area contributed by atoms with Crippen molar-refractivity contribution in [1.29, 1.82) is 0 Å². The predicted octanol–water partition coefficient (Wildman–Crippen LogP) is 1.43. The molecule has 1 aromatic rings. The van der Waals surface area contributed by atoms with Crippen molar-refractivity contribution in [3.63, 3.8) is 0 Å². The lowest BCUT2D eigenvalue weighted by molar-refractivity contribution is 0.181. The summed E-state index contributed by atoms with van der Waals surface area (Å²) in [6.45, 7) is 1.72. The highest BCUT2D eigenvalue weighted by atomic mass is 32.2. The SMILES string of the molecule is CC(O)Cc1nc(CC2CCCS2)no1. The smallest absolute Gasteiger partial charge is 0.229 e. The number of hydrogen-bond acceptors (Lipinski definition) is 5. The minimum atomic E-state index is -0.417. The van der Waals surface area contributed by atoms with Crippen molar-refractivity contribution in [2.45, 2.75) is 44.0 Å². The molecular weight excluding hydrogens is 212 g/mol. The summed E-state index contributed by atoms with van der Waals surface area (Å²) >= 11 is 1.99. The molecule has 1 aliphatic heterocycles. The van der Waals surface area contributed by atoms with Crippen molar-refractivity contribution in [2.24, 2.45) is 0 Å². The van der Waals surface area contributed by atoms with Crippen LogP contribution in [0.25, 0.3) is 0 Å². The first-order chi connectivity index (χ1) is 7.24. The summed E-state index contributed by atoms with van der Waals surface area (Å²) in [5, 5.41) is 13.7. The predicted molar refractivity (Wildman–Crippen MR) is 58.9 cm³/mol. The van der Waals surface area contributed by atoms with Gasteiger partial charge in [-0.15, -0.1) is 0 Å². The van der Waals surface area contributed by atoms with Crippen LogP contribution in [0.3, 0.4) is 0 Å². The van der Waals surface area contributed by atoms with E-state index in [2.05, 4.69) is 10.1 Å². The quantitative estimate of drug-likeness (QED) is 0.844. The third-order valence-electron chi connectivity index (χ3n) is 2.41. The van der Waals surface area contributed by atoms with Crippen LogP contribution in [0.1, 0.15) is 31.5 Å². The molecule has 0 spiro atoms. The highest BCUT2D eigenvalue weighted by Crippen LogP contribution is 2.28. The van der Waals surface area contributed by atoms with Crippen molar-refractivity contribution < 1.29 is 9.63 Å². The number of aliphatic hydroxyl groups is 1. The summed E-state index contributed by atoms with van der Waals surface area (Å²) in [5.74, 6) is 2.58. The lowest BCUT2D eigenvalue weighted by Crippen LogP contribution is -2.06. The van der Waals surface area contributed by atoms with Crippen LogP contribution in [0, 0.1) is 0 Å². The van der Waals surface area contributed by atoms with E-state index in [9.17, 15) is 0 Å². The van der Waals surface area contributed by atoms with E-state index in [0.717, 1.165) is 12.2 Å². The van der Waals surface area contributed by atoms with Crippen LogP contribution in [0.5, 0.6) is 0 Å². The van der Waals surface area contributed by atoms with Gasteiger partial charge in [0.1, 0.15) is 0 Å². The standard InChI is InChI=1S/C10H16N2O2S/c1-7(13)5-10-11-9(12-14-10)6-8-3-2-4-15-8/h7-8,13H,2-6H2,1H3. The fourth-order valence-electron chi connectivity index (χ4n) is 1.72. The summed E-state index contributed by atoms with van der Waals surface area (Å²) in [6, 6.07) is 0. The Morgan fingerprint density at radius 1 is 1.67 bits per heavy atom. The molecule has 2 unspecified atom stereocenters. The monoisotopic (exact) mass is 228 g/mol. The number of thioether (sulfide) groups is 1. The minimum absolute atomic E-state index is 0.417. The maximum Gasteiger partial charge on any atom is 0.229 e. The molecule has 4 nitrogen and oxygen atoms in total. The minimum Gasteiger partial charge on any atom is -0.393 e. The molecule has 0 amide bonds. The number of rotatable bonds is 4. The van der Waals surface area contributed by atoms with E-state index < -0.39 is 6.10 Å². The van der Waals surface area contributed by atoms with Gasteiger partial charge in [-0.1, -0.05) is 5.16 Å². The zero-order chi connectivity index (χ0) is 10.7. The molecule has 1 N–H and O–H groups in total. The topological polar surface area (TPSA) is 59.2 Å². The highest BCUT2D eigenvalue weighted by Gasteiger charge is 2.19. The zero-order valence-corrected chi connectivity index (χ0v) is 9.66. The largest absolute Gasteiger partial charge is 0.393 e. The van der Waals surface area contributed by atoms with Gasteiger partial charge in [0.2, 0.25) is 5.89 Å². The third kappa shape index (κ3) is 3.21. The summed E-state index contributed by atoms with van der Waals surface area (Å²) < 4.78 is 5.06. The van der Waals surface area contributed by atoms with Gasteiger partial charge in [0.15, 0.2) is 5.82 Å². The van der Waals surface area contributed by atoms with Gasteiger partial charge in [-0.2, -0.15) is 16.7 Å². The van der Waals surface area contributed by atoms with E-state index in [-0.39, 0.29) is 0 Å². The Kier molecular flexibility index (Phi) is 3.64. The maximum absolute atomic E-state index is 9.17. The van der Waals surface area contributed by atoms with Crippen LogP contribution in [-0.2, 0) is 12.8 Å². The zero-order valence-electron chi connectivity index (χ0n) is 8.85. The molecule has 0 saturated carbocycles. The van der Waals surface area contributed by atoms with E-state index in [4.69, 9.17) is 9.63 Å². The molecule has 1 aliphatic rings. The fourth-order valence-corrected chi connectivity index (χ4v) is 2.98. The molecule has 0 aromatic carbocycles. The van der Waals surface area contributed by atoms with E-state index in [1.165, 1.54) is 18.6 Å². The van der Waals surface area contributed by atoms with E-state index in [1.54, 1.807) is 6.92 Å². The first-order valence-electron chi connectivity index (χ1n) is 5.35. The van der Waals surface area contributed by atoms with Crippen LogP contribution in [-0.4, -0.2) is 32.4 Å². The molecule has 1 fully saturated rings. The lowest BCUT2D eigenvalue weighted by Gasteiger charge is -2.02. The highest BCUT2D eigenvalue weighted by molar-refractivity contribution is 8.00. The Bertz CT molecular complexity index is 308. The first-order valence-corrected chi connectivity index (χ1v) is 6.40. The van der Waals surface area contributed by atoms with Gasteiger partial charge in [-0.05, 0) is 25.5 Å². The normalized spacial score (nSPS) is 23.2. The second-order valence-corrected chi connectivity index (χ2v) is 5.40. The van der Waals surface area contributed by atoms with Gasteiger partial charge in [-0.3, -0.25) is 0 Å². The van der Waals surface area contributed by atoms with E-state index in [0.29, 0.717) is 17.6 Å². The lowest BCUT2D eigenvalue weighted by atomic mass is 10.2. The van der Waals surface area contributed by atoms with Crippen LogP contribution in [0.15, 0.2) is 4.52 Å². The number of hydrogen-bond donors (Lipinski definition) is 1. The fraction of sp³-hybridized carbons (Fsp3) is 0.800. The average molecular weight is 228 g/mol. The average Bonchev–Trinajstić information content (AvgIpc) is 2.77. The maximum atomic E-state index is 9.17. The summed E-state index contributed by atoms with van der Waals surface area (Å²) in [5.41, 5.74) is 0. The van der Waals surface area contributed by atoms with Crippen molar-refractivity contribution >= 4 is 11.8 Å². The molecule has 2 rings (SSSR count). The second-order valence-electron chi connectivity index (χ2n) is 4.00. The van der Waals surface area contributed by atoms with Crippen molar-refractivity contribution in [1.82, 2.24) is 10.1 Å². The summed E-state index contributed by atoms with van der Waals surface area (Å²) in [4.78, 5) is 4.26. The Morgan fingerprint density at radius 3 is 3.20 bits per heavy atom. The molecule has 0 aliphatic carbocycles. The molecule has 1 aromatic heterocycles. The number of nitrogens with zero attached hydrogens (tertiary/aromatic N) is 2. The molecular formula is C10H16N2O2S. The first kappa shape index (κ1) is 11.0.